The number of benzene rings is 1. The van der Waals surface area contributed by atoms with Crippen molar-refractivity contribution in [1.82, 2.24) is 4.90 Å². The zero-order valence-electron chi connectivity index (χ0n) is 11.6. The molecule has 1 aliphatic carbocycles. The second-order valence-corrected chi connectivity index (χ2v) is 5.37. The molecule has 1 N–H and O–H groups in total. The normalized spacial score (nSPS) is 14.8. The van der Waals surface area contributed by atoms with Crippen molar-refractivity contribution in [3.63, 3.8) is 0 Å². The first-order valence-corrected chi connectivity index (χ1v) is 6.84. The molecule has 1 aliphatic rings. The lowest BCUT2D eigenvalue weighted by Gasteiger charge is -2.17. The van der Waals surface area contributed by atoms with Crippen LogP contribution in [0, 0.1) is 11.7 Å². The first-order valence-electron chi connectivity index (χ1n) is 6.84. The molecule has 20 heavy (non-hydrogen) atoms. The molecule has 0 bridgehead atoms. The zero-order chi connectivity index (χ0) is 14.5. The van der Waals surface area contributed by atoms with Gasteiger partial charge in [0, 0.05) is 25.3 Å². The molecule has 4 nitrogen and oxygen atoms in total. The van der Waals surface area contributed by atoms with Crippen molar-refractivity contribution in [2.45, 2.75) is 19.4 Å². The summed E-state index contributed by atoms with van der Waals surface area (Å²) < 4.78 is 19.2. The minimum absolute atomic E-state index is 0.111. The molecule has 1 aromatic carbocycles. The molecule has 0 atom stereocenters. The lowest BCUT2D eigenvalue weighted by Crippen LogP contribution is -2.23. The van der Waals surface area contributed by atoms with Crippen molar-refractivity contribution in [3.8, 4) is 0 Å². The van der Waals surface area contributed by atoms with Gasteiger partial charge in [-0.05, 0) is 44.0 Å². The van der Waals surface area contributed by atoms with Crippen LogP contribution in [0.15, 0.2) is 18.2 Å². The molecule has 5 heteroatoms. The maximum Gasteiger partial charge on any atom is 0.335 e. The Labute approximate surface area is 118 Å². The number of likely N-dealkylation sites (N-methyl/N-ethyl adjacent to an activating group) is 1. The van der Waals surface area contributed by atoms with E-state index in [9.17, 15) is 9.18 Å². The third kappa shape index (κ3) is 4.58. The first-order chi connectivity index (χ1) is 9.56. The predicted molar refractivity (Wildman–Crippen MR) is 73.2 cm³/mol. The monoisotopic (exact) mass is 281 g/mol. The Morgan fingerprint density at radius 3 is 2.90 bits per heavy atom. The van der Waals surface area contributed by atoms with Crippen LogP contribution in [0.1, 0.15) is 28.8 Å². The van der Waals surface area contributed by atoms with Crippen LogP contribution in [0.4, 0.5) is 4.39 Å². The molecular formula is C15H20FNO3. The summed E-state index contributed by atoms with van der Waals surface area (Å²) in [5.74, 6) is -0.674. The minimum Gasteiger partial charge on any atom is -0.478 e. The molecule has 0 spiro atoms. The molecule has 0 saturated heterocycles. The topological polar surface area (TPSA) is 49.8 Å². The lowest BCUT2D eigenvalue weighted by molar-refractivity contribution is 0.0696. The second-order valence-electron chi connectivity index (χ2n) is 5.37. The highest BCUT2D eigenvalue weighted by Gasteiger charge is 2.21. The summed E-state index contributed by atoms with van der Waals surface area (Å²) in [4.78, 5) is 12.8. The average molecular weight is 281 g/mol. The zero-order valence-corrected chi connectivity index (χ0v) is 11.6. The average Bonchev–Trinajstić information content (AvgIpc) is 3.21. The van der Waals surface area contributed by atoms with E-state index in [0.717, 1.165) is 12.5 Å². The fraction of sp³-hybridized carbons (Fsp3) is 0.533. The molecule has 0 heterocycles. The number of ether oxygens (including phenoxy) is 1. The summed E-state index contributed by atoms with van der Waals surface area (Å²) in [5, 5.41) is 8.91. The highest BCUT2D eigenvalue weighted by molar-refractivity contribution is 5.87. The Balaban J connectivity index is 1.81. The number of halogens is 1. The molecule has 0 unspecified atom stereocenters. The first kappa shape index (κ1) is 14.9. The highest BCUT2D eigenvalue weighted by Crippen LogP contribution is 2.28. The Kier molecular flexibility index (Phi) is 5.09. The third-order valence-electron chi connectivity index (χ3n) is 3.40. The van der Waals surface area contributed by atoms with Crippen LogP contribution in [0.5, 0.6) is 0 Å². The van der Waals surface area contributed by atoms with Gasteiger partial charge >= 0.3 is 5.97 Å². The van der Waals surface area contributed by atoms with Crippen molar-refractivity contribution in [2.24, 2.45) is 5.92 Å². The summed E-state index contributed by atoms with van der Waals surface area (Å²) in [6.07, 6.45) is 2.53. The van der Waals surface area contributed by atoms with E-state index >= 15 is 0 Å². The van der Waals surface area contributed by atoms with Gasteiger partial charge in [0.1, 0.15) is 5.82 Å². The maximum atomic E-state index is 13.6. The van der Waals surface area contributed by atoms with Gasteiger partial charge in [-0.3, -0.25) is 4.90 Å². The van der Waals surface area contributed by atoms with Crippen LogP contribution in [0.25, 0.3) is 0 Å². The molecule has 1 saturated carbocycles. The van der Waals surface area contributed by atoms with Crippen molar-refractivity contribution < 1.29 is 19.0 Å². The summed E-state index contributed by atoms with van der Waals surface area (Å²) >= 11 is 0. The summed E-state index contributed by atoms with van der Waals surface area (Å²) in [6.45, 7) is 2.51. The fourth-order valence-corrected chi connectivity index (χ4v) is 1.95. The van der Waals surface area contributed by atoms with Crippen molar-refractivity contribution in [1.29, 1.82) is 0 Å². The van der Waals surface area contributed by atoms with Gasteiger partial charge < -0.3 is 9.84 Å². The van der Waals surface area contributed by atoms with E-state index in [1.54, 1.807) is 0 Å². The Hall–Kier alpha value is -1.46. The van der Waals surface area contributed by atoms with E-state index in [1.165, 1.54) is 31.0 Å². The van der Waals surface area contributed by atoms with Crippen LogP contribution in [0.2, 0.25) is 0 Å². The molecule has 0 aromatic heterocycles. The SMILES string of the molecule is CN(CCOCC1CC1)Cc1cc(C(=O)O)ccc1F. The van der Waals surface area contributed by atoms with Gasteiger partial charge in [0.05, 0.1) is 12.2 Å². The number of nitrogens with zero attached hydrogens (tertiary/aromatic N) is 1. The van der Waals surface area contributed by atoms with Crippen molar-refractivity contribution in [3.05, 3.63) is 35.1 Å². The Morgan fingerprint density at radius 1 is 1.50 bits per heavy atom. The Morgan fingerprint density at radius 2 is 2.25 bits per heavy atom. The van der Waals surface area contributed by atoms with Gasteiger partial charge in [-0.1, -0.05) is 0 Å². The van der Waals surface area contributed by atoms with Crippen molar-refractivity contribution in [2.75, 3.05) is 26.8 Å². The quantitative estimate of drug-likeness (QED) is 0.743. The molecule has 1 aromatic rings. The van der Waals surface area contributed by atoms with E-state index in [4.69, 9.17) is 9.84 Å². The minimum atomic E-state index is -1.04. The smallest absolute Gasteiger partial charge is 0.335 e. The van der Waals surface area contributed by atoms with E-state index in [1.807, 2.05) is 11.9 Å². The van der Waals surface area contributed by atoms with Crippen LogP contribution in [-0.2, 0) is 11.3 Å². The van der Waals surface area contributed by atoms with E-state index in [0.29, 0.717) is 25.3 Å². The third-order valence-corrected chi connectivity index (χ3v) is 3.40. The molecule has 2 rings (SSSR count). The van der Waals surface area contributed by atoms with E-state index in [-0.39, 0.29) is 11.4 Å². The van der Waals surface area contributed by atoms with Gasteiger partial charge in [-0.15, -0.1) is 0 Å². The lowest BCUT2D eigenvalue weighted by atomic mass is 10.1. The van der Waals surface area contributed by atoms with Gasteiger partial charge in [-0.25, -0.2) is 9.18 Å². The Bertz CT molecular complexity index is 474. The van der Waals surface area contributed by atoms with Crippen molar-refractivity contribution >= 4 is 5.97 Å². The molecule has 0 amide bonds. The molecule has 110 valence electrons. The van der Waals surface area contributed by atoms with Crippen LogP contribution >= 0.6 is 0 Å². The van der Waals surface area contributed by atoms with Gasteiger partial charge in [0.15, 0.2) is 0 Å². The second kappa shape index (κ2) is 6.81. The highest BCUT2D eigenvalue weighted by atomic mass is 19.1. The van der Waals surface area contributed by atoms with Crippen LogP contribution in [-0.4, -0.2) is 42.8 Å². The van der Waals surface area contributed by atoms with Gasteiger partial charge in [0.2, 0.25) is 0 Å². The van der Waals surface area contributed by atoms with Crippen LogP contribution in [0.3, 0.4) is 0 Å². The van der Waals surface area contributed by atoms with E-state index < -0.39 is 5.97 Å². The number of carbonyl (C=O) groups is 1. The number of aromatic carboxylic acids is 1. The number of carboxylic acids is 1. The molecule has 1 fully saturated rings. The summed E-state index contributed by atoms with van der Waals surface area (Å²) in [6, 6.07) is 3.87. The van der Waals surface area contributed by atoms with E-state index in [2.05, 4.69) is 0 Å². The number of hydrogen-bond donors (Lipinski definition) is 1. The molecular weight excluding hydrogens is 261 g/mol. The van der Waals surface area contributed by atoms with Gasteiger partial charge in [0.25, 0.3) is 0 Å². The largest absolute Gasteiger partial charge is 0.478 e. The molecule has 0 radical (unpaired) electrons. The number of rotatable bonds is 8. The number of carboxylic acid groups (broad SMARTS) is 1. The fourth-order valence-electron chi connectivity index (χ4n) is 1.95. The number of hydrogen-bond acceptors (Lipinski definition) is 3. The predicted octanol–water partition coefficient (Wildman–Crippen LogP) is 2.38. The maximum absolute atomic E-state index is 13.6. The summed E-state index contributed by atoms with van der Waals surface area (Å²) in [7, 11) is 1.87. The molecule has 0 aliphatic heterocycles. The standard InChI is InChI=1S/C15H20FNO3/c1-17(6-7-20-10-11-2-3-11)9-13-8-12(15(18)19)4-5-14(13)16/h4-5,8,11H,2-3,6-7,9-10H2,1H3,(H,18,19). The van der Waals surface area contributed by atoms with Crippen LogP contribution < -0.4 is 0 Å². The summed E-state index contributed by atoms with van der Waals surface area (Å²) in [5.41, 5.74) is 0.509. The van der Waals surface area contributed by atoms with Gasteiger partial charge in [-0.2, -0.15) is 0 Å².